The Balaban J connectivity index is 1.99. The normalized spacial score (nSPS) is 22.4. The van der Waals surface area contributed by atoms with Gasteiger partial charge in [0.1, 0.15) is 0 Å². The van der Waals surface area contributed by atoms with Crippen LogP contribution in [0.3, 0.4) is 0 Å². The number of fused-ring (bicyclic) bond motifs is 1. The van der Waals surface area contributed by atoms with Gasteiger partial charge in [0.25, 0.3) is 0 Å². The largest absolute Gasteiger partial charge is 0.394 e. The van der Waals surface area contributed by atoms with Crippen molar-refractivity contribution >= 4 is 0 Å². The SMILES string of the molecule is CCCCCCCCc1ccc2c(c1)CCC[C@]2(C)C[C@](C)(N)CO. The van der Waals surface area contributed by atoms with E-state index in [-0.39, 0.29) is 12.0 Å². The summed E-state index contributed by atoms with van der Waals surface area (Å²) in [5, 5.41) is 9.58. The van der Waals surface area contributed by atoms with Gasteiger partial charge in [-0.15, -0.1) is 0 Å². The Morgan fingerprint density at radius 3 is 2.60 bits per heavy atom. The first-order valence-electron chi connectivity index (χ1n) is 10.4. The Morgan fingerprint density at radius 2 is 1.88 bits per heavy atom. The quantitative estimate of drug-likeness (QED) is 0.566. The number of rotatable bonds is 10. The van der Waals surface area contributed by atoms with Gasteiger partial charge in [-0.2, -0.15) is 0 Å². The highest BCUT2D eigenvalue weighted by atomic mass is 16.3. The number of aliphatic hydroxyl groups is 1. The lowest BCUT2D eigenvalue weighted by Gasteiger charge is -2.41. The van der Waals surface area contributed by atoms with Crippen molar-refractivity contribution in [3.05, 3.63) is 34.9 Å². The lowest BCUT2D eigenvalue weighted by molar-refractivity contribution is 0.167. The minimum atomic E-state index is -0.499. The van der Waals surface area contributed by atoms with E-state index < -0.39 is 5.54 Å². The highest BCUT2D eigenvalue weighted by Crippen LogP contribution is 2.42. The zero-order valence-corrected chi connectivity index (χ0v) is 16.7. The topological polar surface area (TPSA) is 46.2 Å². The number of unbranched alkanes of at least 4 members (excludes halogenated alkanes) is 5. The Morgan fingerprint density at radius 1 is 1.16 bits per heavy atom. The second kappa shape index (κ2) is 9.19. The third-order valence-corrected chi connectivity index (χ3v) is 5.97. The second-order valence-corrected chi connectivity index (χ2v) is 8.91. The van der Waals surface area contributed by atoms with Crippen LogP contribution in [0.25, 0.3) is 0 Å². The van der Waals surface area contributed by atoms with Crippen molar-refractivity contribution in [3.8, 4) is 0 Å². The van der Waals surface area contributed by atoms with Gasteiger partial charge in [-0.25, -0.2) is 0 Å². The van der Waals surface area contributed by atoms with E-state index in [9.17, 15) is 5.11 Å². The molecule has 2 heteroatoms. The lowest BCUT2D eigenvalue weighted by Crippen LogP contribution is -2.47. The smallest absolute Gasteiger partial charge is 0.0608 e. The molecule has 0 aliphatic heterocycles. The maximum atomic E-state index is 9.58. The molecule has 0 bridgehead atoms. The predicted octanol–water partition coefficient (Wildman–Crippen LogP) is 5.28. The van der Waals surface area contributed by atoms with Crippen LogP contribution < -0.4 is 5.73 Å². The fourth-order valence-electron chi connectivity index (χ4n) is 4.64. The van der Waals surface area contributed by atoms with Gasteiger partial charge in [-0.3, -0.25) is 0 Å². The molecule has 0 amide bonds. The first-order valence-corrected chi connectivity index (χ1v) is 10.4. The zero-order valence-electron chi connectivity index (χ0n) is 16.7. The van der Waals surface area contributed by atoms with Gasteiger partial charge in [0, 0.05) is 5.54 Å². The minimum absolute atomic E-state index is 0.0496. The van der Waals surface area contributed by atoms with E-state index in [4.69, 9.17) is 5.73 Å². The maximum Gasteiger partial charge on any atom is 0.0608 e. The van der Waals surface area contributed by atoms with Crippen molar-refractivity contribution in [2.45, 2.75) is 102 Å². The molecule has 1 aromatic rings. The molecule has 0 spiro atoms. The molecule has 25 heavy (non-hydrogen) atoms. The van der Waals surface area contributed by atoms with Crippen LogP contribution in [-0.2, 0) is 18.3 Å². The third kappa shape index (κ3) is 5.82. The molecule has 1 aliphatic rings. The molecular weight excluding hydrogens is 306 g/mol. The summed E-state index contributed by atoms with van der Waals surface area (Å²) < 4.78 is 0. The molecule has 0 saturated carbocycles. The van der Waals surface area contributed by atoms with Gasteiger partial charge in [-0.05, 0) is 67.6 Å². The van der Waals surface area contributed by atoms with Crippen LogP contribution in [0.5, 0.6) is 0 Å². The molecular formula is C23H39NO. The summed E-state index contributed by atoms with van der Waals surface area (Å²) in [4.78, 5) is 0. The molecule has 1 aromatic carbocycles. The van der Waals surface area contributed by atoms with Crippen molar-refractivity contribution < 1.29 is 5.11 Å². The lowest BCUT2D eigenvalue weighted by atomic mass is 9.65. The second-order valence-electron chi connectivity index (χ2n) is 8.91. The molecule has 1 aliphatic carbocycles. The van der Waals surface area contributed by atoms with Crippen LogP contribution in [-0.4, -0.2) is 17.3 Å². The van der Waals surface area contributed by atoms with Gasteiger partial charge in [-0.1, -0.05) is 64.2 Å². The Labute approximate surface area is 155 Å². The fourth-order valence-corrected chi connectivity index (χ4v) is 4.64. The summed E-state index contributed by atoms with van der Waals surface area (Å²) in [7, 11) is 0. The minimum Gasteiger partial charge on any atom is -0.394 e. The van der Waals surface area contributed by atoms with E-state index in [0.717, 1.165) is 6.42 Å². The average molecular weight is 346 g/mol. The standard InChI is InChI=1S/C23H39NO/c1-4-5-6-7-8-9-11-19-13-14-21-20(16-19)12-10-15-22(21,2)17-23(3,24)18-25/h13-14,16,25H,4-12,15,17-18,24H2,1-3H3/t22-,23+/m1/s1. The predicted molar refractivity (Wildman–Crippen MR) is 108 cm³/mol. The van der Waals surface area contributed by atoms with Crippen molar-refractivity contribution in [1.29, 1.82) is 0 Å². The molecule has 142 valence electrons. The number of aliphatic hydroxyl groups excluding tert-OH is 1. The van der Waals surface area contributed by atoms with Crippen LogP contribution >= 0.6 is 0 Å². The van der Waals surface area contributed by atoms with Crippen LogP contribution in [0.15, 0.2) is 18.2 Å². The molecule has 0 unspecified atom stereocenters. The van der Waals surface area contributed by atoms with E-state index >= 15 is 0 Å². The molecule has 0 fully saturated rings. The van der Waals surface area contributed by atoms with Crippen molar-refractivity contribution in [2.24, 2.45) is 5.73 Å². The number of aryl methyl sites for hydroxylation is 2. The molecule has 2 atom stereocenters. The summed E-state index contributed by atoms with van der Waals surface area (Å²) in [5.74, 6) is 0. The molecule has 0 saturated heterocycles. The summed E-state index contributed by atoms with van der Waals surface area (Å²) in [6, 6.07) is 7.14. The van der Waals surface area contributed by atoms with Crippen molar-refractivity contribution in [2.75, 3.05) is 6.61 Å². The number of hydrogen-bond donors (Lipinski definition) is 2. The third-order valence-electron chi connectivity index (χ3n) is 5.97. The average Bonchev–Trinajstić information content (AvgIpc) is 2.57. The van der Waals surface area contributed by atoms with Crippen LogP contribution in [0.4, 0.5) is 0 Å². The number of hydrogen-bond acceptors (Lipinski definition) is 2. The van der Waals surface area contributed by atoms with Gasteiger partial charge < -0.3 is 10.8 Å². The monoisotopic (exact) mass is 345 g/mol. The zero-order chi connectivity index (χ0) is 18.3. The van der Waals surface area contributed by atoms with Crippen molar-refractivity contribution in [3.63, 3.8) is 0 Å². The molecule has 2 rings (SSSR count). The van der Waals surface area contributed by atoms with Crippen LogP contribution in [0.1, 0.15) is 95.2 Å². The Bertz CT molecular complexity index is 537. The van der Waals surface area contributed by atoms with Gasteiger partial charge in [0.2, 0.25) is 0 Å². The van der Waals surface area contributed by atoms with Crippen molar-refractivity contribution in [1.82, 2.24) is 0 Å². The molecule has 0 aromatic heterocycles. The number of nitrogens with two attached hydrogens (primary N) is 1. The van der Waals surface area contributed by atoms with E-state index in [0.29, 0.717) is 0 Å². The van der Waals surface area contributed by atoms with E-state index in [1.165, 1.54) is 80.9 Å². The Kier molecular flexibility index (Phi) is 7.51. The molecule has 2 nitrogen and oxygen atoms in total. The fraction of sp³-hybridized carbons (Fsp3) is 0.739. The van der Waals surface area contributed by atoms with E-state index in [1.54, 1.807) is 0 Å². The van der Waals surface area contributed by atoms with Gasteiger partial charge in [0.05, 0.1) is 6.61 Å². The maximum absolute atomic E-state index is 9.58. The van der Waals surface area contributed by atoms with Gasteiger partial charge >= 0.3 is 0 Å². The first-order chi connectivity index (χ1) is 11.9. The van der Waals surface area contributed by atoms with E-state index in [2.05, 4.69) is 32.0 Å². The molecule has 3 N–H and O–H groups in total. The molecule has 0 heterocycles. The highest BCUT2D eigenvalue weighted by Gasteiger charge is 2.37. The van der Waals surface area contributed by atoms with E-state index in [1.807, 2.05) is 6.92 Å². The Hall–Kier alpha value is -0.860. The first kappa shape index (κ1) is 20.5. The van der Waals surface area contributed by atoms with Crippen LogP contribution in [0.2, 0.25) is 0 Å². The highest BCUT2D eigenvalue weighted by molar-refractivity contribution is 5.40. The summed E-state index contributed by atoms with van der Waals surface area (Å²) >= 11 is 0. The van der Waals surface area contributed by atoms with Crippen LogP contribution in [0, 0.1) is 0 Å². The summed E-state index contributed by atoms with van der Waals surface area (Å²) in [5.41, 5.74) is 10.4. The summed E-state index contributed by atoms with van der Waals surface area (Å²) in [6.07, 6.45) is 13.8. The number of benzene rings is 1. The molecule has 0 radical (unpaired) electrons. The summed E-state index contributed by atoms with van der Waals surface area (Å²) in [6.45, 7) is 6.63. The van der Waals surface area contributed by atoms with Gasteiger partial charge in [0.15, 0.2) is 0 Å².